The molecule has 0 fully saturated rings. The first-order chi connectivity index (χ1) is 17.6. The maximum absolute atomic E-state index is 13.9. The summed E-state index contributed by atoms with van der Waals surface area (Å²) in [6.45, 7) is 4.09. The summed E-state index contributed by atoms with van der Waals surface area (Å²) < 4.78 is 12.8. The van der Waals surface area contributed by atoms with Gasteiger partial charge in [0, 0.05) is 11.8 Å². The molecule has 1 atom stereocenters. The van der Waals surface area contributed by atoms with Crippen LogP contribution in [0.2, 0.25) is 0 Å². The Morgan fingerprint density at radius 2 is 1.81 bits per heavy atom. The van der Waals surface area contributed by atoms with Crippen molar-refractivity contribution in [3.8, 4) is 17.3 Å². The van der Waals surface area contributed by atoms with Crippen molar-refractivity contribution in [2.45, 2.75) is 52.0 Å². The van der Waals surface area contributed by atoms with Gasteiger partial charge < -0.3 is 14.0 Å². The van der Waals surface area contributed by atoms with E-state index in [1.807, 2.05) is 61.5 Å². The van der Waals surface area contributed by atoms with E-state index in [9.17, 15) is 9.90 Å². The molecule has 9 heteroatoms. The molecule has 0 amide bonds. The molecule has 0 aliphatic rings. The fourth-order valence-corrected chi connectivity index (χ4v) is 4.46. The van der Waals surface area contributed by atoms with Gasteiger partial charge in [0.15, 0.2) is 11.1 Å². The van der Waals surface area contributed by atoms with Gasteiger partial charge in [0.2, 0.25) is 11.8 Å². The quantitative estimate of drug-likeness (QED) is 0.307. The van der Waals surface area contributed by atoms with Gasteiger partial charge in [-0.2, -0.15) is 4.98 Å². The number of rotatable bonds is 9. The number of hydrogen-bond acceptors (Lipinski definition) is 8. The third-order valence-corrected chi connectivity index (χ3v) is 6.26. The van der Waals surface area contributed by atoms with Crippen LogP contribution in [0, 0.1) is 0 Å². The minimum Gasteiger partial charge on any atom is -0.493 e. The van der Waals surface area contributed by atoms with Gasteiger partial charge in [0.1, 0.15) is 11.5 Å². The highest BCUT2D eigenvalue weighted by molar-refractivity contribution is 5.79. The van der Waals surface area contributed by atoms with Gasteiger partial charge in [-0.15, -0.1) is 10.2 Å². The second-order valence-corrected chi connectivity index (χ2v) is 8.64. The lowest BCUT2D eigenvalue weighted by Crippen LogP contribution is -2.31. The van der Waals surface area contributed by atoms with Crippen molar-refractivity contribution in [2.75, 3.05) is 0 Å². The molecule has 36 heavy (non-hydrogen) atoms. The first-order valence-electron chi connectivity index (χ1n) is 12.2. The predicted octanol–water partition coefficient (Wildman–Crippen LogP) is 5.07. The van der Waals surface area contributed by atoms with Crippen molar-refractivity contribution < 1.29 is 14.0 Å². The van der Waals surface area contributed by atoms with Crippen LogP contribution >= 0.6 is 0 Å². The van der Waals surface area contributed by atoms with Crippen LogP contribution in [-0.4, -0.2) is 30.0 Å². The average molecular weight is 486 g/mol. The minimum absolute atomic E-state index is 0.0773. The Bertz CT molecular complexity index is 1540. The fraction of sp³-hybridized carbons (Fsp3) is 0.296. The smallest absolute Gasteiger partial charge is 0.270 e. The Balaban J connectivity index is 1.57. The second-order valence-electron chi connectivity index (χ2n) is 8.64. The van der Waals surface area contributed by atoms with Crippen LogP contribution in [0.15, 0.2) is 68.3 Å². The molecule has 0 saturated carbocycles. The van der Waals surface area contributed by atoms with E-state index in [0.29, 0.717) is 29.9 Å². The fourth-order valence-electron chi connectivity index (χ4n) is 4.46. The zero-order chi connectivity index (χ0) is 25.1. The normalized spacial score (nSPS) is 12.3. The van der Waals surface area contributed by atoms with Crippen LogP contribution in [0.4, 0.5) is 0 Å². The number of hydrogen-bond donors (Lipinski definition) is 1. The Hall–Kier alpha value is -4.27. The molecule has 5 rings (SSSR count). The standard InChI is InChI=1S/C27H27N5O4/c1-3-5-15-22-28-25(33)24(27(34)32(22)20(4-2)17-11-7-6-8-12-17)26-30-29-23(35-26)16-19-18-13-9-10-14-21(18)36-31-19/h6-14,20,33H,3-5,15-16H2,1-2H3/t20-/m0/s1. The minimum atomic E-state index is -0.411. The summed E-state index contributed by atoms with van der Waals surface area (Å²) in [5, 5.41) is 23.9. The average Bonchev–Trinajstić information content (AvgIpc) is 3.53. The maximum Gasteiger partial charge on any atom is 0.270 e. The number of aryl methyl sites for hydroxylation is 1. The first-order valence-corrected chi connectivity index (χ1v) is 12.2. The highest BCUT2D eigenvalue weighted by Gasteiger charge is 2.26. The van der Waals surface area contributed by atoms with Gasteiger partial charge in [-0.3, -0.25) is 9.36 Å². The van der Waals surface area contributed by atoms with Crippen molar-refractivity contribution in [3.63, 3.8) is 0 Å². The van der Waals surface area contributed by atoms with Gasteiger partial charge in [0.05, 0.1) is 12.5 Å². The SMILES string of the molecule is CCCCc1nc(O)c(-c2nnc(Cc3noc4ccccc34)o2)c(=O)n1[C@@H](CC)c1ccccc1. The summed E-state index contributed by atoms with van der Waals surface area (Å²) >= 11 is 0. The van der Waals surface area contributed by atoms with Crippen LogP contribution in [-0.2, 0) is 12.8 Å². The van der Waals surface area contributed by atoms with Gasteiger partial charge in [-0.05, 0) is 30.5 Å². The monoisotopic (exact) mass is 485 g/mol. The molecule has 1 N–H and O–H groups in total. The molecular formula is C27H27N5O4. The molecule has 3 aromatic heterocycles. The Labute approximate surface area is 207 Å². The number of aromatic hydroxyl groups is 1. The van der Waals surface area contributed by atoms with Crippen LogP contribution in [0.25, 0.3) is 22.4 Å². The molecule has 5 aromatic rings. The summed E-state index contributed by atoms with van der Waals surface area (Å²) in [6, 6.07) is 17.1. The molecule has 0 unspecified atom stereocenters. The number of nitrogens with zero attached hydrogens (tertiary/aromatic N) is 5. The highest BCUT2D eigenvalue weighted by atomic mass is 16.5. The second kappa shape index (κ2) is 10.2. The van der Waals surface area contributed by atoms with E-state index in [2.05, 4.69) is 27.3 Å². The van der Waals surface area contributed by atoms with E-state index in [0.717, 1.165) is 23.8 Å². The van der Waals surface area contributed by atoms with Crippen LogP contribution in [0.1, 0.15) is 62.1 Å². The lowest BCUT2D eigenvalue weighted by Gasteiger charge is -2.23. The topological polar surface area (TPSA) is 120 Å². The zero-order valence-electron chi connectivity index (χ0n) is 20.2. The Kier molecular flexibility index (Phi) is 6.62. The largest absolute Gasteiger partial charge is 0.493 e. The van der Waals surface area contributed by atoms with Crippen molar-refractivity contribution in [1.82, 2.24) is 24.9 Å². The molecule has 0 spiro atoms. The predicted molar refractivity (Wildman–Crippen MR) is 134 cm³/mol. The summed E-state index contributed by atoms with van der Waals surface area (Å²) in [6.07, 6.45) is 3.24. The zero-order valence-corrected chi connectivity index (χ0v) is 20.2. The number of aromatic nitrogens is 5. The van der Waals surface area contributed by atoms with Crippen LogP contribution in [0.5, 0.6) is 5.88 Å². The molecular weight excluding hydrogens is 458 g/mol. The van der Waals surface area contributed by atoms with Crippen LogP contribution in [0.3, 0.4) is 0 Å². The summed E-state index contributed by atoms with van der Waals surface area (Å²) in [4.78, 5) is 18.3. The van der Waals surface area contributed by atoms with Gasteiger partial charge in [-0.1, -0.05) is 67.9 Å². The molecule has 184 valence electrons. The van der Waals surface area contributed by atoms with Crippen molar-refractivity contribution in [3.05, 3.63) is 87.9 Å². The summed E-state index contributed by atoms with van der Waals surface area (Å²) in [7, 11) is 0. The molecule has 3 heterocycles. The summed E-state index contributed by atoms with van der Waals surface area (Å²) in [5.74, 6) is 0.297. The number of para-hydroxylation sites is 1. The van der Waals surface area contributed by atoms with Crippen molar-refractivity contribution in [1.29, 1.82) is 0 Å². The molecule has 0 aliphatic carbocycles. The summed E-state index contributed by atoms with van der Waals surface area (Å²) in [5.41, 5.74) is 1.78. The molecule has 9 nitrogen and oxygen atoms in total. The van der Waals surface area contributed by atoms with E-state index in [1.54, 1.807) is 4.57 Å². The van der Waals surface area contributed by atoms with Gasteiger partial charge in [-0.25, -0.2) is 0 Å². The van der Waals surface area contributed by atoms with Crippen molar-refractivity contribution in [2.24, 2.45) is 0 Å². The Morgan fingerprint density at radius 1 is 1.03 bits per heavy atom. The third kappa shape index (κ3) is 4.39. The Morgan fingerprint density at radius 3 is 2.58 bits per heavy atom. The highest BCUT2D eigenvalue weighted by Crippen LogP contribution is 2.29. The number of unbranched alkanes of at least 4 members (excludes halogenated alkanes) is 1. The number of fused-ring (bicyclic) bond motifs is 1. The third-order valence-electron chi connectivity index (χ3n) is 6.26. The van der Waals surface area contributed by atoms with E-state index < -0.39 is 11.4 Å². The van der Waals surface area contributed by atoms with E-state index in [4.69, 9.17) is 8.94 Å². The van der Waals surface area contributed by atoms with E-state index in [1.165, 1.54) is 0 Å². The molecule has 0 bridgehead atoms. The molecule has 0 radical (unpaired) electrons. The van der Waals surface area contributed by atoms with E-state index >= 15 is 0 Å². The maximum atomic E-state index is 13.9. The number of benzene rings is 2. The first kappa shape index (κ1) is 23.5. The lowest BCUT2D eigenvalue weighted by atomic mass is 10.0. The van der Waals surface area contributed by atoms with Crippen molar-refractivity contribution >= 4 is 11.0 Å². The molecule has 2 aromatic carbocycles. The van der Waals surface area contributed by atoms with Gasteiger partial charge >= 0.3 is 0 Å². The van der Waals surface area contributed by atoms with Crippen LogP contribution < -0.4 is 5.56 Å². The van der Waals surface area contributed by atoms with E-state index in [-0.39, 0.29) is 29.8 Å². The molecule has 0 aliphatic heterocycles. The lowest BCUT2D eigenvalue weighted by molar-refractivity contribution is 0.424. The molecule has 0 saturated heterocycles. The van der Waals surface area contributed by atoms with Gasteiger partial charge in [0.25, 0.3) is 11.4 Å².